The summed E-state index contributed by atoms with van der Waals surface area (Å²) in [5.74, 6) is 0. The van der Waals surface area contributed by atoms with Crippen molar-refractivity contribution in [2.45, 2.75) is 13.8 Å². The van der Waals surface area contributed by atoms with Crippen molar-refractivity contribution in [2.75, 3.05) is 23.4 Å². The van der Waals surface area contributed by atoms with Gasteiger partial charge in [-0.2, -0.15) is 5.10 Å². The molecule has 0 heterocycles. The van der Waals surface area contributed by atoms with Crippen molar-refractivity contribution in [1.29, 1.82) is 0 Å². The summed E-state index contributed by atoms with van der Waals surface area (Å²) in [6.45, 7) is 6.15. The Labute approximate surface area is 149 Å². The average Bonchev–Trinajstić information content (AvgIpc) is 2.58. The van der Waals surface area contributed by atoms with Crippen LogP contribution >= 0.6 is 15.9 Å². The maximum Gasteiger partial charge on any atom is 0.269 e. The predicted molar refractivity (Wildman–Crippen MR) is 102 cm³/mol. The summed E-state index contributed by atoms with van der Waals surface area (Å²) in [7, 11) is 0. The summed E-state index contributed by atoms with van der Waals surface area (Å²) >= 11 is 3.60. The number of rotatable bonds is 7. The number of benzene rings is 2. The zero-order chi connectivity index (χ0) is 17.5. The highest BCUT2D eigenvalue weighted by Gasteiger charge is 2.06. The number of nitro groups is 1. The van der Waals surface area contributed by atoms with E-state index in [-0.39, 0.29) is 5.69 Å². The summed E-state index contributed by atoms with van der Waals surface area (Å²) in [4.78, 5) is 12.4. The van der Waals surface area contributed by atoms with Crippen LogP contribution in [0.25, 0.3) is 0 Å². The molecule has 0 bridgehead atoms. The molecular weight excluding hydrogens is 372 g/mol. The van der Waals surface area contributed by atoms with Crippen LogP contribution in [-0.2, 0) is 0 Å². The molecule has 0 atom stereocenters. The van der Waals surface area contributed by atoms with Crippen LogP contribution in [0.5, 0.6) is 0 Å². The molecule has 6 nitrogen and oxygen atoms in total. The second-order valence-corrected chi connectivity index (χ2v) is 5.91. The maximum atomic E-state index is 10.6. The highest BCUT2D eigenvalue weighted by atomic mass is 79.9. The van der Waals surface area contributed by atoms with E-state index < -0.39 is 4.92 Å². The van der Waals surface area contributed by atoms with E-state index in [0.717, 1.165) is 28.8 Å². The van der Waals surface area contributed by atoms with Crippen molar-refractivity contribution in [3.8, 4) is 0 Å². The molecule has 0 saturated heterocycles. The van der Waals surface area contributed by atoms with Gasteiger partial charge in [-0.3, -0.25) is 15.5 Å². The normalized spacial score (nSPS) is 10.8. The van der Waals surface area contributed by atoms with Crippen LogP contribution in [0.15, 0.2) is 52.0 Å². The van der Waals surface area contributed by atoms with Gasteiger partial charge in [-0.1, -0.05) is 6.07 Å². The van der Waals surface area contributed by atoms with E-state index in [4.69, 9.17) is 0 Å². The molecule has 126 valence electrons. The Kier molecular flexibility index (Phi) is 6.31. The Balaban J connectivity index is 2.04. The lowest BCUT2D eigenvalue weighted by Gasteiger charge is -2.22. The van der Waals surface area contributed by atoms with Crippen LogP contribution in [0.4, 0.5) is 17.1 Å². The molecule has 2 rings (SSSR count). The third-order valence-electron chi connectivity index (χ3n) is 3.56. The molecule has 2 aromatic carbocycles. The van der Waals surface area contributed by atoms with E-state index in [0.29, 0.717) is 5.69 Å². The summed E-state index contributed by atoms with van der Waals surface area (Å²) in [5, 5.41) is 14.8. The number of halogens is 1. The Morgan fingerprint density at radius 1 is 1.21 bits per heavy atom. The van der Waals surface area contributed by atoms with Crippen LogP contribution in [-0.4, -0.2) is 24.2 Å². The van der Waals surface area contributed by atoms with Crippen molar-refractivity contribution in [2.24, 2.45) is 5.10 Å². The first-order valence-corrected chi connectivity index (χ1v) is 8.42. The molecule has 1 N–H and O–H groups in total. The molecule has 2 aromatic rings. The number of nitrogens with one attached hydrogen (secondary N) is 1. The highest BCUT2D eigenvalue weighted by Crippen LogP contribution is 2.26. The number of hydrogen-bond donors (Lipinski definition) is 1. The lowest BCUT2D eigenvalue weighted by Crippen LogP contribution is -2.22. The fourth-order valence-electron chi connectivity index (χ4n) is 2.26. The van der Waals surface area contributed by atoms with Gasteiger partial charge in [0.2, 0.25) is 0 Å². The number of non-ortho nitro benzene ring substituents is 1. The fourth-order valence-corrected chi connectivity index (χ4v) is 2.91. The van der Waals surface area contributed by atoms with E-state index >= 15 is 0 Å². The van der Waals surface area contributed by atoms with Gasteiger partial charge >= 0.3 is 0 Å². The number of nitrogens with zero attached hydrogens (tertiary/aromatic N) is 3. The molecular formula is C17H19BrN4O2. The van der Waals surface area contributed by atoms with E-state index in [1.165, 1.54) is 12.1 Å². The Morgan fingerprint density at radius 3 is 2.42 bits per heavy atom. The van der Waals surface area contributed by atoms with Crippen LogP contribution in [0, 0.1) is 10.1 Å². The fraction of sp³-hybridized carbons (Fsp3) is 0.235. The molecule has 0 spiro atoms. The number of anilines is 2. The Morgan fingerprint density at radius 2 is 1.88 bits per heavy atom. The minimum atomic E-state index is -0.429. The Hall–Kier alpha value is -2.41. The Bertz CT molecular complexity index is 728. The summed E-state index contributed by atoms with van der Waals surface area (Å²) in [6.07, 6.45) is 1.71. The molecule has 0 aliphatic heterocycles. The number of hydrazone groups is 1. The average molecular weight is 391 g/mol. The third kappa shape index (κ3) is 4.55. The number of nitro benzene ring substituents is 1. The molecule has 0 aromatic heterocycles. The highest BCUT2D eigenvalue weighted by molar-refractivity contribution is 9.10. The van der Waals surface area contributed by atoms with Crippen LogP contribution in [0.3, 0.4) is 0 Å². The monoisotopic (exact) mass is 390 g/mol. The second-order valence-electron chi connectivity index (χ2n) is 5.06. The molecule has 0 aliphatic carbocycles. The van der Waals surface area contributed by atoms with Gasteiger partial charge in [0, 0.05) is 29.7 Å². The van der Waals surface area contributed by atoms with Crippen LogP contribution in [0.1, 0.15) is 19.4 Å². The van der Waals surface area contributed by atoms with Gasteiger partial charge in [-0.25, -0.2) is 0 Å². The van der Waals surface area contributed by atoms with Crippen molar-refractivity contribution < 1.29 is 4.92 Å². The van der Waals surface area contributed by atoms with Crippen molar-refractivity contribution in [3.63, 3.8) is 0 Å². The van der Waals surface area contributed by atoms with Crippen molar-refractivity contribution in [1.82, 2.24) is 0 Å². The zero-order valence-corrected chi connectivity index (χ0v) is 15.2. The van der Waals surface area contributed by atoms with Gasteiger partial charge in [0.1, 0.15) is 0 Å². The van der Waals surface area contributed by atoms with Gasteiger partial charge < -0.3 is 4.90 Å². The SMILES string of the molecule is CCN(CC)c1ccc(/C=N\Nc2ccc([N+](=O)[O-])cc2)cc1Br. The molecule has 0 unspecified atom stereocenters. The van der Waals surface area contributed by atoms with Gasteiger partial charge in [0.15, 0.2) is 0 Å². The molecule has 0 aliphatic rings. The molecule has 0 radical (unpaired) electrons. The van der Waals surface area contributed by atoms with E-state index in [9.17, 15) is 10.1 Å². The lowest BCUT2D eigenvalue weighted by atomic mass is 10.2. The largest absolute Gasteiger partial charge is 0.371 e. The van der Waals surface area contributed by atoms with E-state index in [2.05, 4.69) is 51.3 Å². The summed E-state index contributed by atoms with van der Waals surface area (Å²) in [6, 6.07) is 12.2. The number of hydrogen-bond acceptors (Lipinski definition) is 5. The molecule has 0 saturated carbocycles. The minimum Gasteiger partial charge on any atom is -0.371 e. The van der Waals surface area contributed by atoms with Gasteiger partial charge in [0.25, 0.3) is 5.69 Å². The smallest absolute Gasteiger partial charge is 0.269 e. The molecule has 0 amide bonds. The molecule has 7 heteroatoms. The zero-order valence-electron chi connectivity index (χ0n) is 13.6. The molecule has 0 fully saturated rings. The minimum absolute atomic E-state index is 0.0560. The van der Waals surface area contributed by atoms with Crippen LogP contribution < -0.4 is 10.3 Å². The first-order valence-electron chi connectivity index (χ1n) is 7.63. The van der Waals surface area contributed by atoms with Crippen molar-refractivity contribution in [3.05, 3.63) is 62.6 Å². The van der Waals surface area contributed by atoms with Crippen LogP contribution in [0.2, 0.25) is 0 Å². The van der Waals surface area contributed by atoms with Crippen molar-refractivity contribution >= 4 is 39.2 Å². The van der Waals surface area contributed by atoms with Gasteiger partial charge in [-0.05, 0) is 59.6 Å². The van der Waals surface area contributed by atoms with E-state index in [1.807, 2.05) is 12.1 Å². The third-order valence-corrected chi connectivity index (χ3v) is 4.20. The predicted octanol–water partition coefficient (Wildman–Crippen LogP) is 4.65. The van der Waals surface area contributed by atoms with E-state index in [1.54, 1.807) is 18.3 Å². The van der Waals surface area contributed by atoms with Gasteiger partial charge in [0.05, 0.1) is 22.5 Å². The lowest BCUT2D eigenvalue weighted by molar-refractivity contribution is -0.384. The second kappa shape index (κ2) is 8.44. The maximum absolute atomic E-state index is 10.6. The topological polar surface area (TPSA) is 70.8 Å². The van der Waals surface area contributed by atoms with Gasteiger partial charge in [-0.15, -0.1) is 0 Å². The quantitative estimate of drug-likeness (QED) is 0.424. The standard InChI is InChI=1S/C17H19BrN4O2/c1-3-21(4-2)17-10-5-13(11-16(17)18)12-19-20-14-6-8-15(9-7-14)22(23)24/h5-12,20H,3-4H2,1-2H3/b19-12-. The molecule has 24 heavy (non-hydrogen) atoms. The first-order chi connectivity index (χ1) is 11.5. The summed E-state index contributed by atoms with van der Waals surface area (Å²) in [5.41, 5.74) is 5.71. The summed E-state index contributed by atoms with van der Waals surface area (Å²) < 4.78 is 1.02. The first kappa shape index (κ1) is 17.9.